The van der Waals surface area contributed by atoms with Crippen molar-refractivity contribution in [1.82, 2.24) is 0 Å². The Labute approximate surface area is 90.7 Å². The lowest BCUT2D eigenvalue weighted by Crippen LogP contribution is -2.15. The molecular weight excluding hydrogens is 186 g/mol. The molecule has 2 heteroatoms. The summed E-state index contributed by atoms with van der Waals surface area (Å²) in [5.74, 6) is 1.03. The van der Waals surface area contributed by atoms with E-state index in [9.17, 15) is 0 Å². The van der Waals surface area contributed by atoms with E-state index >= 15 is 0 Å². The molecule has 0 aliphatic carbocycles. The molecule has 0 saturated carbocycles. The van der Waals surface area contributed by atoms with Crippen molar-refractivity contribution >= 4 is 6.08 Å². The lowest BCUT2D eigenvalue weighted by atomic mass is 10.0. The summed E-state index contributed by atoms with van der Waals surface area (Å²) in [5, 5.41) is 0. The maximum atomic E-state index is 5.80. The van der Waals surface area contributed by atoms with Crippen molar-refractivity contribution in [2.24, 2.45) is 5.73 Å². The summed E-state index contributed by atoms with van der Waals surface area (Å²) < 4.78 is 5.46. The van der Waals surface area contributed by atoms with Crippen molar-refractivity contribution < 1.29 is 4.74 Å². The van der Waals surface area contributed by atoms with E-state index < -0.39 is 0 Å². The number of hydrogen-bond acceptors (Lipinski definition) is 2. The van der Waals surface area contributed by atoms with E-state index in [1.807, 2.05) is 13.0 Å². The summed E-state index contributed by atoms with van der Waals surface area (Å²) in [4.78, 5) is 0. The van der Waals surface area contributed by atoms with Gasteiger partial charge in [0.25, 0.3) is 0 Å². The molecule has 2 N–H and O–H groups in total. The van der Waals surface area contributed by atoms with Crippen LogP contribution in [0.3, 0.4) is 0 Å². The van der Waals surface area contributed by atoms with Crippen molar-refractivity contribution in [2.45, 2.75) is 26.3 Å². The molecule has 1 aliphatic rings. The van der Waals surface area contributed by atoms with Gasteiger partial charge in [0.1, 0.15) is 5.75 Å². The zero-order chi connectivity index (χ0) is 10.8. The monoisotopic (exact) mass is 203 g/mol. The van der Waals surface area contributed by atoms with E-state index in [-0.39, 0.29) is 6.04 Å². The second-order valence-corrected chi connectivity index (χ2v) is 4.14. The first-order chi connectivity index (χ1) is 7.16. The van der Waals surface area contributed by atoms with Gasteiger partial charge in [0.05, 0.1) is 6.61 Å². The Morgan fingerprint density at radius 3 is 3.07 bits per heavy atom. The molecule has 15 heavy (non-hydrogen) atoms. The largest absolute Gasteiger partial charge is 0.493 e. The van der Waals surface area contributed by atoms with Crippen LogP contribution < -0.4 is 10.5 Å². The van der Waals surface area contributed by atoms with Gasteiger partial charge in [-0.3, -0.25) is 0 Å². The van der Waals surface area contributed by atoms with Crippen molar-refractivity contribution in [3.05, 3.63) is 34.9 Å². The van der Waals surface area contributed by atoms with Gasteiger partial charge in [0.2, 0.25) is 0 Å². The third-order valence-electron chi connectivity index (χ3n) is 2.83. The zero-order valence-corrected chi connectivity index (χ0v) is 9.29. The fourth-order valence-electron chi connectivity index (χ4n) is 1.69. The van der Waals surface area contributed by atoms with Gasteiger partial charge >= 0.3 is 0 Å². The average molecular weight is 203 g/mol. The van der Waals surface area contributed by atoms with Gasteiger partial charge in [-0.25, -0.2) is 0 Å². The van der Waals surface area contributed by atoms with E-state index in [2.05, 4.69) is 25.1 Å². The van der Waals surface area contributed by atoms with Crippen LogP contribution in [0.2, 0.25) is 0 Å². The molecule has 0 fully saturated rings. The molecule has 0 aromatic heterocycles. The van der Waals surface area contributed by atoms with Gasteiger partial charge in [-0.15, -0.1) is 0 Å². The maximum Gasteiger partial charge on any atom is 0.122 e. The van der Waals surface area contributed by atoms with E-state index in [0.717, 1.165) is 18.8 Å². The lowest BCUT2D eigenvalue weighted by Gasteiger charge is -2.06. The van der Waals surface area contributed by atoms with Crippen LogP contribution in [-0.2, 0) is 6.42 Å². The van der Waals surface area contributed by atoms with E-state index in [4.69, 9.17) is 10.5 Å². The van der Waals surface area contributed by atoms with Crippen LogP contribution >= 0.6 is 0 Å². The highest BCUT2D eigenvalue weighted by Crippen LogP contribution is 2.26. The minimum Gasteiger partial charge on any atom is -0.493 e. The van der Waals surface area contributed by atoms with Crippen molar-refractivity contribution in [2.75, 3.05) is 6.61 Å². The third kappa shape index (κ3) is 2.21. The van der Waals surface area contributed by atoms with Crippen LogP contribution in [0.1, 0.15) is 25.0 Å². The minimum atomic E-state index is 0.120. The summed E-state index contributed by atoms with van der Waals surface area (Å²) >= 11 is 0. The third-order valence-corrected chi connectivity index (χ3v) is 2.83. The highest BCUT2D eigenvalue weighted by Gasteiger charge is 2.11. The van der Waals surface area contributed by atoms with Crippen molar-refractivity contribution in [3.8, 4) is 5.75 Å². The number of fused-ring (bicyclic) bond motifs is 1. The Kier molecular flexibility index (Phi) is 2.78. The predicted molar refractivity (Wildman–Crippen MR) is 62.9 cm³/mol. The second-order valence-electron chi connectivity index (χ2n) is 4.14. The van der Waals surface area contributed by atoms with Crippen LogP contribution in [0.5, 0.6) is 5.75 Å². The fourth-order valence-corrected chi connectivity index (χ4v) is 1.69. The van der Waals surface area contributed by atoms with Crippen molar-refractivity contribution in [3.63, 3.8) is 0 Å². The maximum absolute atomic E-state index is 5.80. The molecule has 2 nitrogen and oxygen atoms in total. The standard InChI is InChI=1S/C13H17NO/c1-9(10(2)14)7-11-3-4-13-12(8-11)5-6-15-13/h3-4,7-8,10H,5-6,14H2,1-2H3/b9-7+. The lowest BCUT2D eigenvalue weighted by molar-refractivity contribution is 0.357. The van der Waals surface area contributed by atoms with Crippen LogP contribution in [0, 0.1) is 0 Å². The van der Waals surface area contributed by atoms with Crippen LogP contribution in [0.25, 0.3) is 6.08 Å². The van der Waals surface area contributed by atoms with E-state index in [1.165, 1.54) is 16.7 Å². The highest BCUT2D eigenvalue weighted by molar-refractivity contribution is 5.57. The molecule has 0 radical (unpaired) electrons. The van der Waals surface area contributed by atoms with Crippen LogP contribution in [0.4, 0.5) is 0 Å². The predicted octanol–water partition coefficient (Wildman–Crippen LogP) is 2.37. The Hall–Kier alpha value is -1.28. The molecule has 1 aromatic rings. The molecule has 1 atom stereocenters. The van der Waals surface area contributed by atoms with E-state index in [1.54, 1.807) is 0 Å². The Morgan fingerprint density at radius 1 is 1.53 bits per heavy atom. The zero-order valence-electron chi connectivity index (χ0n) is 9.29. The summed E-state index contributed by atoms with van der Waals surface area (Å²) in [6.07, 6.45) is 3.16. The number of ether oxygens (including phenoxy) is 1. The molecule has 1 aromatic carbocycles. The summed E-state index contributed by atoms with van der Waals surface area (Å²) in [6.45, 7) is 4.88. The molecule has 0 saturated heterocycles. The first-order valence-electron chi connectivity index (χ1n) is 5.36. The molecular formula is C13H17NO. The fraction of sp³-hybridized carbons (Fsp3) is 0.385. The number of nitrogens with two attached hydrogens (primary N) is 1. The Morgan fingerprint density at radius 2 is 2.33 bits per heavy atom. The van der Waals surface area contributed by atoms with Crippen molar-refractivity contribution in [1.29, 1.82) is 0 Å². The molecule has 0 spiro atoms. The smallest absolute Gasteiger partial charge is 0.122 e. The number of hydrogen-bond donors (Lipinski definition) is 1. The van der Waals surface area contributed by atoms with Gasteiger partial charge < -0.3 is 10.5 Å². The van der Waals surface area contributed by atoms with Gasteiger partial charge in [0, 0.05) is 12.5 Å². The summed E-state index contributed by atoms with van der Waals surface area (Å²) in [6, 6.07) is 6.43. The molecule has 80 valence electrons. The van der Waals surface area contributed by atoms with Gasteiger partial charge in [-0.1, -0.05) is 17.7 Å². The summed E-state index contributed by atoms with van der Waals surface area (Å²) in [5.41, 5.74) is 9.53. The van der Waals surface area contributed by atoms with Gasteiger partial charge in [-0.2, -0.15) is 0 Å². The second kappa shape index (κ2) is 4.07. The SMILES string of the molecule is C/C(=C\c1ccc2c(c1)CCO2)C(C)N. The Balaban J connectivity index is 2.27. The quantitative estimate of drug-likeness (QED) is 0.801. The topological polar surface area (TPSA) is 35.2 Å². The van der Waals surface area contributed by atoms with Gasteiger partial charge in [0.15, 0.2) is 0 Å². The van der Waals surface area contributed by atoms with E-state index in [0.29, 0.717) is 0 Å². The molecule has 1 heterocycles. The molecule has 1 unspecified atom stereocenters. The first kappa shape index (κ1) is 10.2. The molecule has 0 amide bonds. The molecule has 0 bridgehead atoms. The normalized spacial score (nSPS) is 17.1. The van der Waals surface area contributed by atoms with Gasteiger partial charge in [-0.05, 0) is 37.1 Å². The van der Waals surface area contributed by atoms with Crippen LogP contribution in [-0.4, -0.2) is 12.6 Å². The minimum absolute atomic E-state index is 0.120. The molecule has 1 aliphatic heterocycles. The summed E-state index contributed by atoms with van der Waals surface area (Å²) in [7, 11) is 0. The Bertz CT molecular complexity index is 394. The average Bonchev–Trinajstić information content (AvgIpc) is 2.64. The number of rotatable bonds is 2. The van der Waals surface area contributed by atoms with Crippen LogP contribution in [0.15, 0.2) is 23.8 Å². The highest BCUT2D eigenvalue weighted by atomic mass is 16.5. The number of benzene rings is 1. The first-order valence-corrected chi connectivity index (χ1v) is 5.36. The molecule has 2 rings (SSSR count).